The van der Waals surface area contributed by atoms with Gasteiger partial charge >= 0.3 is 0 Å². The molecule has 6 heteroatoms. The lowest BCUT2D eigenvalue weighted by molar-refractivity contribution is 0.0953. The van der Waals surface area contributed by atoms with E-state index in [1.807, 2.05) is 44.2 Å². The van der Waals surface area contributed by atoms with Crippen molar-refractivity contribution in [1.29, 1.82) is 0 Å². The zero-order valence-corrected chi connectivity index (χ0v) is 15.9. The van der Waals surface area contributed by atoms with Gasteiger partial charge in [-0.05, 0) is 38.1 Å². The fourth-order valence-corrected chi connectivity index (χ4v) is 3.05. The number of ether oxygens (including phenoxy) is 1. The molecule has 0 aliphatic carbocycles. The smallest absolute Gasteiger partial charge is 0.253 e. The highest BCUT2D eigenvalue weighted by Gasteiger charge is 2.16. The van der Waals surface area contributed by atoms with Crippen molar-refractivity contribution >= 4 is 21.8 Å². The molecule has 0 radical (unpaired) electrons. The fourth-order valence-electron chi connectivity index (χ4n) is 2.66. The van der Waals surface area contributed by atoms with Crippen molar-refractivity contribution in [2.24, 2.45) is 0 Å². The van der Waals surface area contributed by atoms with Crippen LogP contribution in [-0.2, 0) is 4.74 Å². The monoisotopic (exact) mass is 393 g/mol. The molecule has 1 aromatic carbocycles. The van der Waals surface area contributed by atoms with Crippen LogP contribution >= 0.6 is 15.9 Å². The Labute approximate surface area is 151 Å². The zero-order valence-electron chi connectivity index (χ0n) is 14.4. The molecule has 2 rings (SSSR count). The van der Waals surface area contributed by atoms with E-state index in [4.69, 9.17) is 4.74 Å². The highest BCUT2D eigenvalue weighted by atomic mass is 79.9. The molecule has 2 N–H and O–H groups in total. The SMILES string of the molecule is COCCNCCNC(=O)c1cc(C)n(-c2cccc(Br)c2)c1C. The zero-order chi connectivity index (χ0) is 17.5. The highest BCUT2D eigenvalue weighted by molar-refractivity contribution is 9.10. The molecule has 0 fully saturated rings. The Kier molecular flexibility index (Phi) is 7.02. The normalized spacial score (nSPS) is 10.8. The van der Waals surface area contributed by atoms with E-state index in [9.17, 15) is 4.79 Å². The molecule has 130 valence electrons. The molecule has 0 bridgehead atoms. The number of carbonyl (C=O) groups is 1. The number of amides is 1. The van der Waals surface area contributed by atoms with Crippen LogP contribution in [0.3, 0.4) is 0 Å². The molecule has 0 saturated carbocycles. The van der Waals surface area contributed by atoms with E-state index >= 15 is 0 Å². The molecule has 0 aliphatic heterocycles. The second-order valence-electron chi connectivity index (χ2n) is 5.60. The van der Waals surface area contributed by atoms with Gasteiger partial charge in [-0.1, -0.05) is 22.0 Å². The molecule has 2 aromatic rings. The van der Waals surface area contributed by atoms with Crippen LogP contribution in [0, 0.1) is 13.8 Å². The number of carbonyl (C=O) groups excluding carboxylic acids is 1. The number of benzene rings is 1. The summed E-state index contributed by atoms with van der Waals surface area (Å²) in [5.74, 6) is -0.0436. The summed E-state index contributed by atoms with van der Waals surface area (Å²) < 4.78 is 8.07. The molecular formula is C18H24BrN3O2. The van der Waals surface area contributed by atoms with Crippen molar-refractivity contribution in [2.45, 2.75) is 13.8 Å². The first-order chi connectivity index (χ1) is 11.5. The van der Waals surface area contributed by atoms with Crippen LogP contribution in [-0.4, -0.2) is 43.8 Å². The quantitative estimate of drug-likeness (QED) is 0.677. The Morgan fingerprint density at radius 2 is 2.00 bits per heavy atom. The van der Waals surface area contributed by atoms with Gasteiger partial charge in [-0.2, -0.15) is 0 Å². The lowest BCUT2D eigenvalue weighted by atomic mass is 10.2. The molecule has 5 nitrogen and oxygen atoms in total. The minimum Gasteiger partial charge on any atom is -0.383 e. The van der Waals surface area contributed by atoms with Crippen LogP contribution in [0.25, 0.3) is 5.69 Å². The second kappa shape index (κ2) is 9.01. The van der Waals surface area contributed by atoms with Gasteiger partial charge in [-0.15, -0.1) is 0 Å². The average Bonchev–Trinajstić information content (AvgIpc) is 2.85. The molecule has 0 saturated heterocycles. The molecule has 1 aromatic heterocycles. The van der Waals surface area contributed by atoms with E-state index in [0.29, 0.717) is 18.7 Å². The van der Waals surface area contributed by atoms with E-state index in [1.54, 1.807) is 7.11 Å². The van der Waals surface area contributed by atoms with Gasteiger partial charge in [-0.3, -0.25) is 4.79 Å². The first-order valence-electron chi connectivity index (χ1n) is 7.97. The van der Waals surface area contributed by atoms with Crippen molar-refractivity contribution in [2.75, 3.05) is 33.4 Å². The number of hydrogen-bond donors (Lipinski definition) is 2. The van der Waals surface area contributed by atoms with Crippen LogP contribution in [0.2, 0.25) is 0 Å². The standard InChI is InChI=1S/C18H24BrN3O2/c1-13-11-17(18(23)21-8-7-20-9-10-24-3)14(2)22(13)16-6-4-5-15(19)12-16/h4-6,11-12,20H,7-10H2,1-3H3,(H,21,23). The first kappa shape index (κ1) is 18.7. The number of rotatable bonds is 8. The summed E-state index contributed by atoms with van der Waals surface area (Å²) in [6, 6.07) is 9.99. The van der Waals surface area contributed by atoms with Crippen molar-refractivity contribution in [1.82, 2.24) is 15.2 Å². The lowest BCUT2D eigenvalue weighted by Gasteiger charge is -2.11. The molecule has 1 heterocycles. The number of methoxy groups -OCH3 is 1. The minimum absolute atomic E-state index is 0.0436. The Hall–Kier alpha value is -1.63. The topological polar surface area (TPSA) is 55.3 Å². The summed E-state index contributed by atoms with van der Waals surface area (Å²) in [7, 11) is 1.67. The Morgan fingerprint density at radius 3 is 2.71 bits per heavy atom. The van der Waals surface area contributed by atoms with Gasteiger partial charge in [0.25, 0.3) is 5.91 Å². The largest absolute Gasteiger partial charge is 0.383 e. The minimum atomic E-state index is -0.0436. The summed E-state index contributed by atoms with van der Waals surface area (Å²) in [4.78, 5) is 12.4. The van der Waals surface area contributed by atoms with E-state index in [0.717, 1.165) is 34.6 Å². The van der Waals surface area contributed by atoms with Gasteiger partial charge < -0.3 is 19.9 Å². The average molecular weight is 394 g/mol. The van der Waals surface area contributed by atoms with Crippen LogP contribution in [0.15, 0.2) is 34.8 Å². The number of hydrogen-bond acceptors (Lipinski definition) is 3. The van der Waals surface area contributed by atoms with E-state index in [-0.39, 0.29) is 5.91 Å². The van der Waals surface area contributed by atoms with Gasteiger partial charge in [-0.25, -0.2) is 0 Å². The maximum atomic E-state index is 12.4. The molecule has 24 heavy (non-hydrogen) atoms. The first-order valence-corrected chi connectivity index (χ1v) is 8.76. The number of aryl methyl sites for hydroxylation is 1. The van der Waals surface area contributed by atoms with Crippen molar-refractivity contribution in [3.05, 3.63) is 51.8 Å². The summed E-state index contributed by atoms with van der Waals surface area (Å²) >= 11 is 3.50. The Bertz CT molecular complexity index is 698. The Balaban J connectivity index is 2.04. The predicted octanol–water partition coefficient (Wildman–Crippen LogP) is 2.82. The molecular weight excluding hydrogens is 370 g/mol. The van der Waals surface area contributed by atoms with Gasteiger partial charge in [0.05, 0.1) is 12.2 Å². The summed E-state index contributed by atoms with van der Waals surface area (Å²) in [5.41, 5.74) is 3.73. The number of aromatic nitrogens is 1. The fraction of sp³-hybridized carbons (Fsp3) is 0.389. The van der Waals surface area contributed by atoms with Crippen LogP contribution in [0.4, 0.5) is 0 Å². The lowest BCUT2D eigenvalue weighted by Crippen LogP contribution is -2.33. The number of nitrogens with one attached hydrogen (secondary N) is 2. The van der Waals surface area contributed by atoms with Crippen LogP contribution in [0.1, 0.15) is 21.7 Å². The van der Waals surface area contributed by atoms with Gasteiger partial charge in [0.15, 0.2) is 0 Å². The van der Waals surface area contributed by atoms with Gasteiger partial charge in [0, 0.05) is 48.3 Å². The number of halogens is 1. The van der Waals surface area contributed by atoms with E-state index < -0.39 is 0 Å². The third-order valence-electron chi connectivity index (χ3n) is 3.81. The summed E-state index contributed by atoms with van der Waals surface area (Å²) in [6.45, 7) is 6.74. The van der Waals surface area contributed by atoms with E-state index in [2.05, 4.69) is 31.1 Å². The predicted molar refractivity (Wildman–Crippen MR) is 100 cm³/mol. The highest BCUT2D eigenvalue weighted by Crippen LogP contribution is 2.23. The van der Waals surface area contributed by atoms with Crippen molar-refractivity contribution in [3.63, 3.8) is 0 Å². The van der Waals surface area contributed by atoms with Crippen LogP contribution < -0.4 is 10.6 Å². The second-order valence-corrected chi connectivity index (χ2v) is 6.51. The Morgan fingerprint density at radius 1 is 1.21 bits per heavy atom. The van der Waals surface area contributed by atoms with Crippen molar-refractivity contribution < 1.29 is 9.53 Å². The van der Waals surface area contributed by atoms with Gasteiger partial charge in [0.2, 0.25) is 0 Å². The molecule has 0 aliphatic rings. The molecule has 0 atom stereocenters. The summed E-state index contributed by atoms with van der Waals surface area (Å²) in [5, 5.41) is 6.16. The maximum absolute atomic E-state index is 12.4. The van der Waals surface area contributed by atoms with Crippen LogP contribution in [0.5, 0.6) is 0 Å². The third-order valence-corrected chi connectivity index (χ3v) is 4.31. The molecule has 0 unspecified atom stereocenters. The molecule has 0 spiro atoms. The van der Waals surface area contributed by atoms with E-state index in [1.165, 1.54) is 0 Å². The summed E-state index contributed by atoms with van der Waals surface area (Å²) in [6.07, 6.45) is 0. The maximum Gasteiger partial charge on any atom is 0.253 e. The number of nitrogens with zero attached hydrogens (tertiary/aromatic N) is 1. The molecule has 1 amide bonds. The van der Waals surface area contributed by atoms with Crippen molar-refractivity contribution in [3.8, 4) is 5.69 Å². The third kappa shape index (κ3) is 4.69. The van der Waals surface area contributed by atoms with Gasteiger partial charge in [0.1, 0.15) is 0 Å².